The summed E-state index contributed by atoms with van der Waals surface area (Å²) in [5.41, 5.74) is 4.17. The van der Waals surface area contributed by atoms with Crippen LogP contribution in [0.4, 0.5) is 14.5 Å². The molecule has 24 heavy (non-hydrogen) atoms. The van der Waals surface area contributed by atoms with Gasteiger partial charge >= 0.3 is 0 Å². The Morgan fingerprint density at radius 1 is 0.917 bits per heavy atom. The number of H-pyrrole nitrogens is 1. The number of halogens is 2. The number of rotatable bonds is 2. The molecule has 2 heterocycles. The smallest absolute Gasteiger partial charge is 0.256 e. The molecule has 0 radical (unpaired) electrons. The minimum Gasteiger partial charge on any atom is -0.367 e. The van der Waals surface area contributed by atoms with E-state index in [1.807, 2.05) is 12.1 Å². The van der Waals surface area contributed by atoms with Crippen molar-refractivity contribution in [3.63, 3.8) is 0 Å². The number of benzene rings is 2. The molecular weight excluding hydrogens is 310 g/mol. The number of aromatic amines is 1. The molecule has 3 aromatic rings. The molecule has 0 spiro atoms. The van der Waals surface area contributed by atoms with Gasteiger partial charge in [0.25, 0.3) is 5.91 Å². The van der Waals surface area contributed by atoms with Crippen molar-refractivity contribution < 1.29 is 13.6 Å². The highest BCUT2D eigenvalue weighted by atomic mass is 19.2. The second-order valence-electron chi connectivity index (χ2n) is 5.55. The van der Waals surface area contributed by atoms with Gasteiger partial charge in [-0.15, -0.1) is 0 Å². The van der Waals surface area contributed by atoms with Crippen molar-refractivity contribution in [2.24, 2.45) is 0 Å². The van der Waals surface area contributed by atoms with Crippen LogP contribution in [0.2, 0.25) is 0 Å². The van der Waals surface area contributed by atoms with Crippen LogP contribution < -0.4 is 5.32 Å². The van der Waals surface area contributed by atoms with E-state index < -0.39 is 11.6 Å². The Kier molecular flexibility index (Phi) is 3.27. The van der Waals surface area contributed by atoms with Crippen molar-refractivity contribution in [1.82, 2.24) is 4.98 Å². The summed E-state index contributed by atoms with van der Waals surface area (Å²) in [4.78, 5) is 15.1. The molecule has 0 bridgehead atoms. The van der Waals surface area contributed by atoms with E-state index >= 15 is 0 Å². The summed E-state index contributed by atoms with van der Waals surface area (Å²) in [6, 6.07) is 11.0. The Morgan fingerprint density at radius 3 is 2.46 bits per heavy atom. The van der Waals surface area contributed by atoms with Gasteiger partial charge in [-0.3, -0.25) is 4.79 Å². The minimum absolute atomic E-state index is 0.186. The third-order valence-corrected chi connectivity index (χ3v) is 3.99. The maximum Gasteiger partial charge on any atom is 0.256 e. The number of aromatic nitrogens is 1. The highest BCUT2D eigenvalue weighted by Gasteiger charge is 2.24. The molecule has 0 unspecified atom stereocenters. The molecule has 118 valence electrons. The molecule has 1 aromatic heterocycles. The molecule has 0 saturated heterocycles. The van der Waals surface area contributed by atoms with E-state index in [0.717, 1.165) is 23.3 Å². The van der Waals surface area contributed by atoms with E-state index in [0.29, 0.717) is 22.4 Å². The molecule has 0 atom stereocenters. The van der Waals surface area contributed by atoms with Crippen LogP contribution >= 0.6 is 0 Å². The highest BCUT2D eigenvalue weighted by Crippen LogP contribution is 2.36. The maximum absolute atomic E-state index is 13.4. The molecule has 2 aromatic carbocycles. The fourth-order valence-electron chi connectivity index (χ4n) is 2.79. The normalized spacial score (nSPS) is 14.8. The third-order valence-electron chi connectivity index (χ3n) is 3.99. The second kappa shape index (κ2) is 5.45. The number of amides is 1. The van der Waals surface area contributed by atoms with Crippen LogP contribution in [0.1, 0.15) is 11.1 Å². The van der Waals surface area contributed by atoms with E-state index in [1.165, 1.54) is 6.07 Å². The van der Waals surface area contributed by atoms with E-state index in [4.69, 9.17) is 0 Å². The van der Waals surface area contributed by atoms with Crippen LogP contribution in [0.25, 0.3) is 22.8 Å². The van der Waals surface area contributed by atoms with Crippen LogP contribution in [-0.4, -0.2) is 10.9 Å². The Labute approximate surface area is 136 Å². The first-order valence-corrected chi connectivity index (χ1v) is 7.37. The van der Waals surface area contributed by atoms with Gasteiger partial charge in [0.2, 0.25) is 0 Å². The zero-order valence-corrected chi connectivity index (χ0v) is 12.4. The summed E-state index contributed by atoms with van der Waals surface area (Å²) in [5.74, 6) is -1.97. The topological polar surface area (TPSA) is 44.9 Å². The number of hydrogen-bond donors (Lipinski definition) is 2. The van der Waals surface area contributed by atoms with Gasteiger partial charge in [0.05, 0.1) is 0 Å². The Balaban J connectivity index is 1.76. The van der Waals surface area contributed by atoms with Crippen molar-refractivity contribution in [3.8, 4) is 11.1 Å². The predicted octanol–water partition coefficient (Wildman–Crippen LogP) is 4.45. The van der Waals surface area contributed by atoms with Crippen LogP contribution in [0.5, 0.6) is 0 Å². The van der Waals surface area contributed by atoms with Crippen molar-refractivity contribution in [3.05, 3.63) is 77.6 Å². The SMILES string of the molecule is O=C1Nc2cc(-c3ccc(F)c(F)c3)ccc2/C1=C/c1cc[nH]c1. The monoisotopic (exact) mass is 322 g/mol. The summed E-state index contributed by atoms with van der Waals surface area (Å²) >= 11 is 0. The molecule has 0 aliphatic carbocycles. The average molecular weight is 322 g/mol. The Hall–Kier alpha value is -3.21. The number of fused-ring (bicyclic) bond motifs is 1. The van der Waals surface area contributed by atoms with Crippen LogP contribution in [-0.2, 0) is 4.79 Å². The van der Waals surface area contributed by atoms with Crippen molar-refractivity contribution in [2.45, 2.75) is 0 Å². The highest BCUT2D eigenvalue weighted by molar-refractivity contribution is 6.35. The van der Waals surface area contributed by atoms with Gasteiger partial charge in [-0.2, -0.15) is 0 Å². The van der Waals surface area contributed by atoms with Gasteiger partial charge in [0, 0.05) is 29.2 Å². The van der Waals surface area contributed by atoms with Crippen LogP contribution in [0.15, 0.2) is 54.9 Å². The van der Waals surface area contributed by atoms with Crippen LogP contribution in [0.3, 0.4) is 0 Å². The quantitative estimate of drug-likeness (QED) is 0.673. The largest absolute Gasteiger partial charge is 0.367 e. The minimum atomic E-state index is -0.898. The van der Waals surface area contributed by atoms with E-state index in [9.17, 15) is 13.6 Å². The first-order valence-electron chi connectivity index (χ1n) is 7.37. The first kappa shape index (κ1) is 14.4. The van der Waals surface area contributed by atoms with Crippen molar-refractivity contribution in [2.75, 3.05) is 5.32 Å². The molecule has 2 N–H and O–H groups in total. The summed E-state index contributed by atoms with van der Waals surface area (Å²) < 4.78 is 26.5. The number of anilines is 1. The number of hydrogen-bond acceptors (Lipinski definition) is 1. The molecule has 0 saturated carbocycles. The van der Waals surface area contributed by atoms with Gasteiger partial charge in [-0.25, -0.2) is 8.78 Å². The molecular formula is C19H12F2N2O. The lowest BCUT2D eigenvalue weighted by Crippen LogP contribution is -2.03. The zero-order chi connectivity index (χ0) is 16.7. The Bertz CT molecular complexity index is 975. The molecule has 5 heteroatoms. The summed E-state index contributed by atoms with van der Waals surface area (Å²) in [6.07, 6.45) is 5.38. The predicted molar refractivity (Wildman–Crippen MR) is 89.1 cm³/mol. The van der Waals surface area contributed by atoms with Crippen LogP contribution in [0, 0.1) is 11.6 Å². The summed E-state index contributed by atoms with van der Waals surface area (Å²) in [7, 11) is 0. The average Bonchev–Trinajstić information content (AvgIpc) is 3.18. The van der Waals surface area contributed by atoms with Gasteiger partial charge in [0.1, 0.15) is 0 Å². The lowest BCUT2D eigenvalue weighted by Gasteiger charge is -2.05. The molecule has 1 aliphatic heterocycles. The lowest BCUT2D eigenvalue weighted by atomic mass is 9.99. The fourth-order valence-corrected chi connectivity index (χ4v) is 2.79. The fraction of sp³-hybridized carbons (Fsp3) is 0. The van der Waals surface area contributed by atoms with Gasteiger partial charge in [-0.1, -0.05) is 18.2 Å². The summed E-state index contributed by atoms with van der Waals surface area (Å²) in [6.45, 7) is 0. The number of carbonyl (C=O) groups excluding carboxylic acids is 1. The molecule has 4 rings (SSSR count). The lowest BCUT2D eigenvalue weighted by molar-refractivity contribution is -0.110. The van der Waals surface area contributed by atoms with Crippen molar-refractivity contribution >= 4 is 23.2 Å². The van der Waals surface area contributed by atoms with E-state index in [1.54, 1.807) is 30.6 Å². The standard InChI is InChI=1S/C19H12F2N2O/c20-16-4-2-12(8-17(16)21)13-1-3-14-15(7-11-5-6-22-10-11)19(24)23-18(14)9-13/h1-10,22H,(H,23,24)/b15-7-. The van der Waals surface area contributed by atoms with Gasteiger partial charge in [-0.05, 0) is 47.0 Å². The Morgan fingerprint density at radius 2 is 1.71 bits per heavy atom. The molecule has 1 aliphatic rings. The molecule has 1 amide bonds. The number of carbonyl (C=O) groups is 1. The van der Waals surface area contributed by atoms with Gasteiger partial charge < -0.3 is 10.3 Å². The maximum atomic E-state index is 13.4. The number of nitrogens with one attached hydrogen (secondary N) is 2. The molecule has 0 fully saturated rings. The summed E-state index contributed by atoms with van der Waals surface area (Å²) in [5, 5.41) is 2.81. The van der Waals surface area contributed by atoms with E-state index in [-0.39, 0.29) is 5.91 Å². The van der Waals surface area contributed by atoms with Crippen molar-refractivity contribution in [1.29, 1.82) is 0 Å². The van der Waals surface area contributed by atoms with Gasteiger partial charge in [0.15, 0.2) is 11.6 Å². The second-order valence-corrected chi connectivity index (χ2v) is 5.55. The first-order chi connectivity index (χ1) is 11.6. The zero-order valence-electron chi connectivity index (χ0n) is 12.4. The molecule has 3 nitrogen and oxygen atoms in total. The van der Waals surface area contributed by atoms with E-state index in [2.05, 4.69) is 10.3 Å². The third kappa shape index (κ3) is 2.40.